The number of aryl methyl sites for hydroxylation is 4. The zero-order valence-electron chi connectivity index (χ0n) is 18.3. The number of sulfonamides is 1. The molecule has 2 N–H and O–H groups in total. The smallest absolute Gasteiger partial charge is 0.341 e. The molecule has 0 radical (unpaired) electrons. The maximum Gasteiger partial charge on any atom is 0.341 e. The van der Waals surface area contributed by atoms with Gasteiger partial charge in [0.05, 0.1) is 13.2 Å². The van der Waals surface area contributed by atoms with Crippen LogP contribution >= 0.6 is 0 Å². The number of benzene rings is 1. The maximum absolute atomic E-state index is 13.1. The number of ether oxygens (including phenoxy) is 1. The molecule has 0 saturated carbocycles. The molecule has 164 valence electrons. The van der Waals surface area contributed by atoms with Crippen molar-refractivity contribution in [2.24, 2.45) is 0 Å². The average Bonchev–Trinajstić information content (AvgIpc) is 2.97. The third-order valence-corrected chi connectivity index (χ3v) is 6.79. The van der Waals surface area contributed by atoms with Gasteiger partial charge in [0.2, 0.25) is 15.9 Å². The van der Waals surface area contributed by atoms with E-state index in [0.717, 1.165) is 21.0 Å². The molecule has 0 aliphatic carbocycles. The molecular weight excluding hydrogens is 406 g/mol. The lowest BCUT2D eigenvalue weighted by atomic mass is 10.1. The van der Waals surface area contributed by atoms with E-state index in [1.54, 1.807) is 20.8 Å². The van der Waals surface area contributed by atoms with Crippen molar-refractivity contribution in [3.8, 4) is 0 Å². The second-order valence-electron chi connectivity index (χ2n) is 7.27. The van der Waals surface area contributed by atoms with Gasteiger partial charge in [-0.1, -0.05) is 23.8 Å². The fourth-order valence-electron chi connectivity index (χ4n) is 3.21. The van der Waals surface area contributed by atoms with Crippen molar-refractivity contribution < 1.29 is 22.7 Å². The van der Waals surface area contributed by atoms with Crippen molar-refractivity contribution in [1.29, 1.82) is 0 Å². The Morgan fingerprint density at radius 2 is 1.80 bits per heavy atom. The largest absolute Gasteiger partial charge is 0.462 e. The lowest BCUT2D eigenvalue weighted by Gasteiger charge is -2.18. The van der Waals surface area contributed by atoms with E-state index in [1.165, 1.54) is 7.05 Å². The SMILES string of the molecule is CCOC(=O)c1c(C)[nH]c(C)c1S(=O)(=O)N(C)CC(=O)NCc1cc(C)ccc1C. The summed E-state index contributed by atoms with van der Waals surface area (Å²) in [6.07, 6.45) is 0. The van der Waals surface area contributed by atoms with Crippen LogP contribution in [0.15, 0.2) is 23.1 Å². The Balaban J connectivity index is 2.18. The highest BCUT2D eigenvalue weighted by Crippen LogP contribution is 2.27. The molecule has 2 rings (SSSR count). The summed E-state index contributed by atoms with van der Waals surface area (Å²) in [5, 5.41) is 2.75. The van der Waals surface area contributed by atoms with Crippen LogP contribution in [0.4, 0.5) is 0 Å². The Hall–Kier alpha value is -2.65. The van der Waals surface area contributed by atoms with E-state index in [1.807, 2.05) is 32.0 Å². The minimum absolute atomic E-state index is 0.0306. The quantitative estimate of drug-likeness (QED) is 0.619. The number of hydrogen-bond acceptors (Lipinski definition) is 5. The number of likely N-dealkylation sites (N-methyl/N-ethyl adjacent to an activating group) is 1. The summed E-state index contributed by atoms with van der Waals surface area (Å²) in [5.74, 6) is -1.16. The maximum atomic E-state index is 13.1. The van der Waals surface area contributed by atoms with Gasteiger partial charge in [0, 0.05) is 25.0 Å². The number of nitrogens with zero attached hydrogens (tertiary/aromatic N) is 1. The molecule has 30 heavy (non-hydrogen) atoms. The predicted octanol–water partition coefficient (Wildman–Crippen LogP) is 2.36. The van der Waals surface area contributed by atoms with Crippen molar-refractivity contribution in [2.45, 2.75) is 46.1 Å². The molecule has 1 amide bonds. The fourth-order valence-corrected chi connectivity index (χ4v) is 4.74. The normalized spacial score (nSPS) is 11.6. The van der Waals surface area contributed by atoms with Gasteiger partial charge in [0.25, 0.3) is 0 Å². The molecule has 1 heterocycles. The summed E-state index contributed by atoms with van der Waals surface area (Å²) < 4.78 is 32.2. The Morgan fingerprint density at radius 1 is 1.13 bits per heavy atom. The van der Waals surface area contributed by atoms with Gasteiger partial charge in [-0.05, 0) is 45.7 Å². The summed E-state index contributed by atoms with van der Waals surface area (Å²) in [4.78, 5) is 27.4. The van der Waals surface area contributed by atoms with E-state index < -0.39 is 21.9 Å². The van der Waals surface area contributed by atoms with Gasteiger partial charge < -0.3 is 15.0 Å². The first kappa shape index (κ1) is 23.6. The molecule has 0 spiro atoms. The topological polar surface area (TPSA) is 109 Å². The summed E-state index contributed by atoms with van der Waals surface area (Å²) in [7, 11) is -2.79. The Morgan fingerprint density at radius 3 is 2.43 bits per heavy atom. The van der Waals surface area contributed by atoms with Gasteiger partial charge in [0.1, 0.15) is 10.5 Å². The summed E-state index contributed by atoms with van der Waals surface area (Å²) in [6, 6.07) is 5.94. The zero-order chi connectivity index (χ0) is 22.6. The third kappa shape index (κ3) is 5.09. The van der Waals surface area contributed by atoms with E-state index in [-0.39, 0.29) is 23.6 Å². The lowest BCUT2D eigenvalue weighted by molar-refractivity contribution is -0.121. The van der Waals surface area contributed by atoms with Crippen LogP contribution < -0.4 is 5.32 Å². The molecule has 0 aliphatic heterocycles. The highest BCUT2D eigenvalue weighted by atomic mass is 32.2. The minimum atomic E-state index is -4.10. The Bertz CT molecular complexity index is 1060. The van der Waals surface area contributed by atoms with Crippen LogP contribution in [0.3, 0.4) is 0 Å². The van der Waals surface area contributed by atoms with E-state index in [2.05, 4.69) is 10.3 Å². The predicted molar refractivity (Wildman–Crippen MR) is 114 cm³/mol. The molecule has 0 fully saturated rings. The summed E-state index contributed by atoms with van der Waals surface area (Å²) in [5.41, 5.74) is 3.77. The van der Waals surface area contributed by atoms with Crippen molar-refractivity contribution >= 4 is 21.9 Å². The van der Waals surface area contributed by atoms with Crippen LogP contribution in [0, 0.1) is 27.7 Å². The van der Waals surface area contributed by atoms with Crippen LogP contribution in [-0.2, 0) is 26.1 Å². The number of carbonyl (C=O) groups excluding carboxylic acids is 2. The number of amides is 1. The molecule has 0 bridgehead atoms. The first-order chi connectivity index (χ1) is 14.0. The van der Waals surface area contributed by atoms with E-state index in [4.69, 9.17) is 4.74 Å². The minimum Gasteiger partial charge on any atom is -0.462 e. The molecular formula is C21H29N3O5S. The van der Waals surface area contributed by atoms with Crippen LogP contribution in [0.1, 0.15) is 45.4 Å². The van der Waals surface area contributed by atoms with Crippen LogP contribution in [0.2, 0.25) is 0 Å². The molecule has 0 atom stereocenters. The first-order valence-electron chi connectivity index (χ1n) is 9.64. The van der Waals surface area contributed by atoms with Gasteiger partial charge in [-0.3, -0.25) is 4.79 Å². The standard InChI is InChI=1S/C21H29N3O5S/c1-7-29-21(26)19-15(4)23-16(5)20(19)30(27,28)24(6)12-18(25)22-11-17-10-13(2)8-9-14(17)3/h8-10,23H,7,11-12H2,1-6H3,(H,22,25). The monoisotopic (exact) mass is 435 g/mol. The number of hydrogen-bond donors (Lipinski definition) is 2. The Kier molecular flexibility index (Phi) is 7.44. The Labute approximate surface area is 177 Å². The highest BCUT2D eigenvalue weighted by molar-refractivity contribution is 7.89. The molecule has 0 unspecified atom stereocenters. The van der Waals surface area contributed by atoms with E-state index >= 15 is 0 Å². The zero-order valence-corrected chi connectivity index (χ0v) is 19.1. The van der Waals surface area contributed by atoms with Crippen molar-refractivity contribution in [2.75, 3.05) is 20.2 Å². The highest BCUT2D eigenvalue weighted by Gasteiger charge is 2.33. The van der Waals surface area contributed by atoms with Crippen LogP contribution in [-0.4, -0.2) is 49.8 Å². The third-order valence-electron chi connectivity index (χ3n) is 4.81. The molecule has 2 aromatic rings. The van der Waals surface area contributed by atoms with Crippen LogP contribution in [0.5, 0.6) is 0 Å². The van der Waals surface area contributed by atoms with Gasteiger partial charge >= 0.3 is 5.97 Å². The second kappa shape index (κ2) is 9.44. The number of H-pyrrole nitrogens is 1. The van der Waals surface area contributed by atoms with Crippen molar-refractivity contribution in [1.82, 2.24) is 14.6 Å². The number of aromatic nitrogens is 1. The van der Waals surface area contributed by atoms with Gasteiger partial charge in [0.15, 0.2) is 0 Å². The molecule has 9 heteroatoms. The number of aromatic amines is 1. The van der Waals surface area contributed by atoms with Gasteiger partial charge in [-0.2, -0.15) is 4.31 Å². The number of carbonyl (C=O) groups is 2. The first-order valence-corrected chi connectivity index (χ1v) is 11.1. The number of rotatable bonds is 8. The average molecular weight is 436 g/mol. The molecule has 0 aliphatic rings. The summed E-state index contributed by atoms with van der Waals surface area (Å²) >= 11 is 0. The number of nitrogens with one attached hydrogen (secondary N) is 2. The van der Waals surface area contributed by atoms with Crippen molar-refractivity contribution in [3.05, 3.63) is 51.8 Å². The lowest BCUT2D eigenvalue weighted by Crippen LogP contribution is -2.38. The molecule has 8 nitrogen and oxygen atoms in total. The van der Waals surface area contributed by atoms with E-state index in [0.29, 0.717) is 17.9 Å². The van der Waals surface area contributed by atoms with E-state index in [9.17, 15) is 18.0 Å². The molecule has 0 saturated heterocycles. The molecule has 1 aromatic heterocycles. The fraction of sp³-hybridized carbons (Fsp3) is 0.429. The van der Waals surface area contributed by atoms with Gasteiger partial charge in [-0.15, -0.1) is 0 Å². The van der Waals surface area contributed by atoms with Crippen LogP contribution in [0.25, 0.3) is 0 Å². The second-order valence-corrected chi connectivity index (χ2v) is 9.25. The summed E-state index contributed by atoms with van der Waals surface area (Å²) in [6.45, 7) is 8.78. The van der Waals surface area contributed by atoms with Crippen molar-refractivity contribution in [3.63, 3.8) is 0 Å². The number of esters is 1. The van der Waals surface area contributed by atoms with Gasteiger partial charge in [-0.25, -0.2) is 13.2 Å². The molecule has 1 aromatic carbocycles.